The van der Waals surface area contributed by atoms with Crippen LogP contribution in [-0.2, 0) is 0 Å². The molecular formula is C41H38N2O3. The van der Waals surface area contributed by atoms with Gasteiger partial charge < -0.3 is 24.7 Å². The smallest absolute Gasteiger partial charge is 0.119 e. The van der Waals surface area contributed by atoms with Gasteiger partial charge in [-0.25, -0.2) is 0 Å². The molecule has 0 aliphatic rings. The second kappa shape index (κ2) is 14.2. The molecule has 46 heavy (non-hydrogen) atoms. The lowest BCUT2D eigenvalue weighted by molar-refractivity contribution is 0.0536. The van der Waals surface area contributed by atoms with Gasteiger partial charge in [-0.05, 0) is 121 Å². The summed E-state index contributed by atoms with van der Waals surface area (Å²) in [5.74, 6) is 0.632. The van der Waals surface area contributed by atoms with Gasteiger partial charge in [0.2, 0.25) is 0 Å². The summed E-state index contributed by atoms with van der Waals surface area (Å²) in [5, 5.41) is 18.7. The van der Waals surface area contributed by atoms with Gasteiger partial charge in [0, 0.05) is 34.1 Å². The van der Waals surface area contributed by atoms with Crippen LogP contribution in [0.1, 0.15) is 11.1 Å². The Hall–Kier alpha value is -5.36. The predicted molar refractivity (Wildman–Crippen MR) is 189 cm³/mol. The molecule has 0 bridgehead atoms. The van der Waals surface area contributed by atoms with Crippen LogP contribution in [0.2, 0.25) is 0 Å². The number of benzene rings is 6. The maximum atomic E-state index is 9.65. The van der Waals surface area contributed by atoms with Crippen LogP contribution < -0.4 is 14.5 Å². The molecule has 0 heterocycles. The van der Waals surface area contributed by atoms with Gasteiger partial charge in [-0.15, -0.1) is 0 Å². The first kappa shape index (κ1) is 30.7. The van der Waals surface area contributed by atoms with E-state index in [1.165, 1.54) is 11.1 Å². The number of rotatable bonds is 11. The van der Waals surface area contributed by atoms with E-state index in [1.54, 1.807) is 0 Å². The molecule has 6 aromatic rings. The minimum atomic E-state index is -0.908. The van der Waals surface area contributed by atoms with E-state index >= 15 is 0 Å². The van der Waals surface area contributed by atoms with E-state index < -0.39 is 6.10 Å². The molecule has 0 saturated carbocycles. The van der Waals surface area contributed by atoms with Crippen molar-refractivity contribution in [2.45, 2.75) is 20.0 Å². The second-order valence-electron chi connectivity index (χ2n) is 11.4. The summed E-state index contributed by atoms with van der Waals surface area (Å²) in [6, 6.07) is 52.6. The molecule has 0 radical (unpaired) electrons. The van der Waals surface area contributed by atoms with Crippen LogP contribution >= 0.6 is 0 Å². The Morgan fingerprint density at radius 3 is 1.35 bits per heavy atom. The van der Waals surface area contributed by atoms with Crippen molar-refractivity contribution < 1.29 is 14.9 Å². The molecule has 1 atom stereocenters. The Balaban J connectivity index is 1.28. The molecule has 0 aliphatic heterocycles. The first-order chi connectivity index (χ1) is 22.5. The molecule has 1 unspecified atom stereocenters. The average Bonchev–Trinajstić information content (AvgIpc) is 3.09. The van der Waals surface area contributed by atoms with Crippen LogP contribution in [0.15, 0.2) is 152 Å². The molecule has 230 valence electrons. The monoisotopic (exact) mass is 606 g/mol. The topological polar surface area (TPSA) is 56.2 Å². The molecule has 0 aliphatic carbocycles. The quantitative estimate of drug-likeness (QED) is 0.154. The van der Waals surface area contributed by atoms with Gasteiger partial charge in [-0.3, -0.25) is 0 Å². The highest BCUT2D eigenvalue weighted by atomic mass is 16.5. The summed E-state index contributed by atoms with van der Waals surface area (Å²) in [5.41, 5.74) is 11.1. The molecule has 6 aromatic carbocycles. The van der Waals surface area contributed by atoms with E-state index in [1.807, 2.05) is 30.3 Å². The van der Waals surface area contributed by atoms with Crippen LogP contribution in [0.4, 0.5) is 34.1 Å². The van der Waals surface area contributed by atoms with Crippen molar-refractivity contribution in [3.05, 3.63) is 163 Å². The van der Waals surface area contributed by atoms with Gasteiger partial charge >= 0.3 is 0 Å². The lowest BCUT2D eigenvalue weighted by Crippen LogP contribution is -2.21. The highest BCUT2D eigenvalue weighted by Gasteiger charge is 2.15. The molecule has 0 aromatic heterocycles. The molecule has 5 heteroatoms. The highest BCUT2D eigenvalue weighted by Crippen LogP contribution is 2.38. The van der Waals surface area contributed by atoms with E-state index in [0.717, 1.165) is 45.3 Å². The zero-order chi connectivity index (χ0) is 31.9. The minimum absolute atomic E-state index is 0.0378. The van der Waals surface area contributed by atoms with Crippen LogP contribution in [0, 0.1) is 13.8 Å². The summed E-state index contributed by atoms with van der Waals surface area (Å²) >= 11 is 0. The van der Waals surface area contributed by atoms with Crippen molar-refractivity contribution in [3.63, 3.8) is 0 Å². The van der Waals surface area contributed by atoms with Gasteiger partial charge in [0.25, 0.3) is 0 Å². The Morgan fingerprint density at radius 2 is 0.913 bits per heavy atom. The van der Waals surface area contributed by atoms with Gasteiger partial charge in [0.05, 0.1) is 6.61 Å². The standard InChI is InChI=1S/C41H38N2O3/c1-30-8-6-12-38(26-30)42(34-10-4-3-5-11-34)35-18-14-32(15-19-35)33-16-20-36(21-17-33)43(39-13-7-9-31(2)27-39)37-22-24-41(25-23-37)46-29-40(45)28-44/h3-27,40,44-45H,28-29H2,1-2H3. The average molecular weight is 607 g/mol. The number of hydrogen-bond donors (Lipinski definition) is 2. The lowest BCUT2D eigenvalue weighted by Gasteiger charge is -2.26. The fraction of sp³-hybridized carbons (Fsp3) is 0.122. The Bertz CT molecular complexity index is 1850. The zero-order valence-corrected chi connectivity index (χ0v) is 26.1. The normalized spacial score (nSPS) is 11.6. The molecule has 5 nitrogen and oxygen atoms in total. The number of para-hydroxylation sites is 1. The van der Waals surface area contributed by atoms with Crippen molar-refractivity contribution in [3.8, 4) is 16.9 Å². The Labute approximate surface area is 271 Å². The van der Waals surface area contributed by atoms with Gasteiger partial charge in [-0.1, -0.05) is 66.7 Å². The third-order valence-electron chi connectivity index (χ3n) is 7.87. The van der Waals surface area contributed by atoms with Crippen LogP contribution in [-0.4, -0.2) is 29.5 Å². The molecule has 0 amide bonds. The van der Waals surface area contributed by atoms with Crippen LogP contribution in [0.3, 0.4) is 0 Å². The van der Waals surface area contributed by atoms with Crippen LogP contribution in [0.5, 0.6) is 5.75 Å². The number of nitrogens with zero attached hydrogens (tertiary/aromatic N) is 2. The number of aryl methyl sites for hydroxylation is 2. The second-order valence-corrected chi connectivity index (χ2v) is 11.4. The lowest BCUT2D eigenvalue weighted by atomic mass is 10.0. The van der Waals surface area contributed by atoms with Crippen molar-refractivity contribution in [2.75, 3.05) is 23.0 Å². The van der Waals surface area contributed by atoms with Gasteiger partial charge in [0.15, 0.2) is 0 Å². The van der Waals surface area contributed by atoms with E-state index in [9.17, 15) is 5.11 Å². The Morgan fingerprint density at radius 1 is 0.500 bits per heavy atom. The van der Waals surface area contributed by atoms with Gasteiger partial charge in [0.1, 0.15) is 18.5 Å². The van der Waals surface area contributed by atoms with E-state index in [0.29, 0.717) is 5.75 Å². The highest BCUT2D eigenvalue weighted by molar-refractivity contribution is 5.81. The largest absolute Gasteiger partial charge is 0.491 e. The van der Waals surface area contributed by atoms with E-state index in [2.05, 4.69) is 145 Å². The molecule has 6 rings (SSSR count). The first-order valence-corrected chi connectivity index (χ1v) is 15.5. The molecule has 0 saturated heterocycles. The van der Waals surface area contributed by atoms with Crippen molar-refractivity contribution in [1.29, 1.82) is 0 Å². The zero-order valence-electron chi connectivity index (χ0n) is 26.1. The number of anilines is 6. The van der Waals surface area contributed by atoms with E-state index in [-0.39, 0.29) is 13.2 Å². The summed E-state index contributed by atoms with van der Waals surface area (Å²) in [6.45, 7) is 3.92. The Kier molecular flexibility index (Phi) is 9.44. The third kappa shape index (κ3) is 7.13. The maximum Gasteiger partial charge on any atom is 0.119 e. The fourth-order valence-electron chi connectivity index (χ4n) is 5.55. The summed E-state index contributed by atoms with van der Waals surface area (Å²) in [4.78, 5) is 4.50. The van der Waals surface area contributed by atoms with Gasteiger partial charge in [-0.2, -0.15) is 0 Å². The number of ether oxygens (including phenoxy) is 1. The number of aliphatic hydroxyl groups is 2. The summed E-state index contributed by atoms with van der Waals surface area (Å²) in [7, 11) is 0. The maximum absolute atomic E-state index is 9.65. The van der Waals surface area contributed by atoms with Crippen LogP contribution in [0.25, 0.3) is 11.1 Å². The minimum Gasteiger partial charge on any atom is -0.491 e. The number of hydrogen-bond acceptors (Lipinski definition) is 5. The van der Waals surface area contributed by atoms with Crippen molar-refractivity contribution >= 4 is 34.1 Å². The SMILES string of the molecule is Cc1cccc(N(c2ccccc2)c2ccc(-c3ccc(N(c4ccc(OCC(O)CO)cc4)c4cccc(C)c4)cc3)cc2)c1. The summed E-state index contributed by atoms with van der Waals surface area (Å²) < 4.78 is 5.64. The molecule has 2 N–H and O–H groups in total. The molecule has 0 spiro atoms. The molecule has 0 fully saturated rings. The van der Waals surface area contributed by atoms with Crippen molar-refractivity contribution in [1.82, 2.24) is 0 Å². The summed E-state index contributed by atoms with van der Waals surface area (Å²) in [6.07, 6.45) is -0.908. The predicted octanol–water partition coefficient (Wildman–Crippen LogP) is 9.64. The van der Waals surface area contributed by atoms with Crippen molar-refractivity contribution in [2.24, 2.45) is 0 Å². The number of aliphatic hydroxyl groups excluding tert-OH is 2. The van der Waals surface area contributed by atoms with E-state index in [4.69, 9.17) is 9.84 Å². The fourth-order valence-corrected chi connectivity index (χ4v) is 5.55. The third-order valence-corrected chi connectivity index (χ3v) is 7.87. The molecular weight excluding hydrogens is 568 g/mol. The first-order valence-electron chi connectivity index (χ1n) is 15.5.